The molecule has 0 rings (SSSR count). The van der Waals surface area contributed by atoms with E-state index in [1.165, 1.54) is 0 Å². The van der Waals surface area contributed by atoms with E-state index in [1.54, 1.807) is 0 Å². The molecule has 0 fully saturated rings. The minimum atomic E-state index is 0.0188. The quantitative estimate of drug-likeness (QED) is 0.157. The number of ether oxygens (including phenoxy) is 3. The third kappa shape index (κ3) is 16.9. The molecular formula is C14H22O5. The van der Waals surface area contributed by atoms with E-state index in [2.05, 4.69) is 16.7 Å². The summed E-state index contributed by atoms with van der Waals surface area (Å²) < 4.78 is 15.4. The van der Waals surface area contributed by atoms with Gasteiger partial charge in [-0.25, -0.2) is 9.78 Å². The molecular weight excluding hydrogens is 248 g/mol. The summed E-state index contributed by atoms with van der Waals surface area (Å²) in [7, 11) is 0. The lowest BCUT2D eigenvalue weighted by atomic mass is 10.2. The van der Waals surface area contributed by atoms with Crippen molar-refractivity contribution in [2.45, 2.75) is 19.3 Å². The molecule has 0 saturated heterocycles. The fourth-order valence-electron chi connectivity index (χ4n) is 1.07. The van der Waals surface area contributed by atoms with Gasteiger partial charge in [-0.2, -0.15) is 0 Å². The van der Waals surface area contributed by atoms with Crippen molar-refractivity contribution in [3.05, 3.63) is 0 Å². The standard InChI is InChI=1S/C14H22O5/c1-3-5-6-7-9-15-10-11-16-12-13-18-19-14-17-8-4-2/h1-2H,5-14H2. The first-order valence-corrected chi connectivity index (χ1v) is 6.26. The Balaban J connectivity index is 2.92. The normalized spacial score (nSPS) is 10.0. The molecule has 0 aliphatic heterocycles. The Kier molecular flexibility index (Phi) is 16.0. The van der Waals surface area contributed by atoms with E-state index in [0.717, 1.165) is 25.9 Å². The molecule has 0 radical (unpaired) electrons. The van der Waals surface area contributed by atoms with Gasteiger partial charge >= 0.3 is 0 Å². The molecule has 0 unspecified atom stereocenters. The zero-order valence-electron chi connectivity index (χ0n) is 11.3. The van der Waals surface area contributed by atoms with Gasteiger partial charge in [0.25, 0.3) is 0 Å². The summed E-state index contributed by atoms with van der Waals surface area (Å²) in [5.74, 6) is 4.90. The average molecular weight is 270 g/mol. The first-order valence-electron chi connectivity index (χ1n) is 6.26. The predicted octanol–water partition coefficient (Wildman–Crippen LogP) is 1.38. The van der Waals surface area contributed by atoms with Crippen LogP contribution in [-0.4, -0.2) is 46.4 Å². The Morgan fingerprint density at radius 2 is 1.42 bits per heavy atom. The molecule has 0 heterocycles. The summed E-state index contributed by atoms with van der Waals surface area (Å²) in [6, 6.07) is 0. The number of terminal acetylenes is 2. The molecule has 108 valence electrons. The van der Waals surface area contributed by atoms with Crippen molar-refractivity contribution in [1.82, 2.24) is 0 Å². The van der Waals surface area contributed by atoms with Gasteiger partial charge in [-0.15, -0.1) is 18.8 Å². The number of unbranched alkanes of at least 4 members (excludes halogenated alkanes) is 2. The second-order valence-electron chi connectivity index (χ2n) is 3.50. The topological polar surface area (TPSA) is 46.2 Å². The van der Waals surface area contributed by atoms with E-state index in [1.807, 2.05) is 0 Å². The maximum atomic E-state index is 5.35. The van der Waals surface area contributed by atoms with Crippen LogP contribution in [0.4, 0.5) is 0 Å². The Morgan fingerprint density at radius 3 is 2.16 bits per heavy atom. The zero-order valence-corrected chi connectivity index (χ0v) is 11.3. The number of rotatable bonds is 14. The third-order valence-electron chi connectivity index (χ3n) is 1.94. The van der Waals surface area contributed by atoms with Crippen molar-refractivity contribution in [3.63, 3.8) is 0 Å². The van der Waals surface area contributed by atoms with Crippen LogP contribution in [0.15, 0.2) is 0 Å². The number of hydrogen-bond acceptors (Lipinski definition) is 5. The molecule has 0 N–H and O–H groups in total. The SMILES string of the molecule is C#CCCCCOCCOCCOOCOCC#C. The van der Waals surface area contributed by atoms with E-state index in [9.17, 15) is 0 Å². The summed E-state index contributed by atoms with van der Waals surface area (Å²) in [4.78, 5) is 9.45. The third-order valence-corrected chi connectivity index (χ3v) is 1.94. The van der Waals surface area contributed by atoms with E-state index >= 15 is 0 Å². The smallest absolute Gasteiger partial charge is 0.182 e. The van der Waals surface area contributed by atoms with Crippen LogP contribution in [0.3, 0.4) is 0 Å². The monoisotopic (exact) mass is 270 g/mol. The molecule has 0 atom stereocenters. The van der Waals surface area contributed by atoms with Crippen LogP contribution in [0, 0.1) is 24.7 Å². The van der Waals surface area contributed by atoms with Crippen molar-refractivity contribution in [3.8, 4) is 24.7 Å². The molecule has 0 aliphatic rings. The van der Waals surface area contributed by atoms with Gasteiger partial charge in [0.15, 0.2) is 6.79 Å². The second kappa shape index (κ2) is 16.9. The Hall–Kier alpha value is -1.08. The molecule has 0 aromatic carbocycles. The molecule has 0 spiro atoms. The second-order valence-corrected chi connectivity index (χ2v) is 3.50. The van der Waals surface area contributed by atoms with Crippen LogP contribution < -0.4 is 0 Å². The van der Waals surface area contributed by atoms with Crippen LogP contribution in [-0.2, 0) is 24.0 Å². The average Bonchev–Trinajstić information content (AvgIpc) is 2.43. The fraction of sp³-hybridized carbons (Fsp3) is 0.714. The highest BCUT2D eigenvalue weighted by atomic mass is 17.2. The molecule has 0 aliphatic carbocycles. The van der Waals surface area contributed by atoms with E-state index in [4.69, 9.17) is 31.9 Å². The highest BCUT2D eigenvalue weighted by Crippen LogP contribution is 1.94. The first kappa shape index (κ1) is 17.9. The highest BCUT2D eigenvalue weighted by molar-refractivity contribution is 4.82. The van der Waals surface area contributed by atoms with Crippen LogP contribution in [0.5, 0.6) is 0 Å². The highest BCUT2D eigenvalue weighted by Gasteiger charge is 1.92. The summed E-state index contributed by atoms with van der Waals surface area (Å²) in [5.41, 5.74) is 0. The lowest BCUT2D eigenvalue weighted by molar-refractivity contribution is -0.337. The lowest BCUT2D eigenvalue weighted by Gasteiger charge is -2.06. The van der Waals surface area contributed by atoms with Gasteiger partial charge < -0.3 is 14.2 Å². The van der Waals surface area contributed by atoms with Gasteiger partial charge in [0.1, 0.15) is 13.2 Å². The minimum Gasteiger partial charge on any atom is -0.379 e. The van der Waals surface area contributed by atoms with Crippen LogP contribution in [0.2, 0.25) is 0 Å². The van der Waals surface area contributed by atoms with Crippen molar-refractivity contribution >= 4 is 0 Å². The van der Waals surface area contributed by atoms with Crippen molar-refractivity contribution in [2.75, 3.05) is 46.4 Å². The molecule has 19 heavy (non-hydrogen) atoms. The van der Waals surface area contributed by atoms with E-state index < -0.39 is 0 Å². The summed E-state index contributed by atoms with van der Waals surface area (Å²) in [5, 5.41) is 0. The summed E-state index contributed by atoms with van der Waals surface area (Å²) >= 11 is 0. The van der Waals surface area contributed by atoms with Gasteiger partial charge in [-0.05, 0) is 12.8 Å². The van der Waals surface area contributed by atoms with Crippen LogP contribution >= 0.6 is 0 Å². The van der Waals surface area contributed by atoms with Crippen molar-refractivity contribution in [2.24, 2.45) is 0 Å². The minimum absolute atomic E-state index is 0.0188. The predicted molar refractivity (Wildman–Crippen MR) is 71.0 cm³/mol. The largest absolute Gasteiger partial charge is 0.379 e. The Morgan fingerprint density at radius 1 is 0.684 bits per heavy atom. The van der Waals surface area contributed by atoms with Crippen LogP contribution in [0.1, 0.15) is 19.3 Å². The molecule has 0 aromatic rings. The van der Waals surface area contributed by atoms with Gasteiger partial charge in [0.05, 0.1) is 19.8 Å². The molecule has 5 nitrogen and oxygen atoms in total. The molecule has 5 heteroatoms. The molecule has 0 aromatic heterocycles. The van der Waals surface area contributed by atoms with Gasteiger partial charge in [0.2, 0.25) is 0 Å². The van der Waals surface area contributed by atoms with Crippen molar-refractivity contribution < 1.29 is 24.0 Å². The zero-order chi connectivity index (χ0) is 14.0. The summed E-state index contributed by atoms with van der Waals surface area (Å²) in [6.45, 7) is 2.83. The number of hydrogen-bond donors (Lipinski definition) is 0. The molecule has 0 bridgehead atoms. The lowest BCUT2D eigenvalue weighted by Crippen LogP contribution is -2.11. The maximum absolute atomic E-state index is 5.35. The fourth-order valence-corrected chi connectivity index (χ4v) is 1.07. The first-order chi connectivity index (χ1) is 9.41. The Labute approximate surface area is 115 Å². The molecule has 0 saturated carbocycles. The molecule has 0 amide bonds. The van der Waals surface area contributed by atoms with Gasteiger partial charge in [-0.1, -0.05) is 5.92 Å². The van der Waals surface area contributed by atoms with Crippen LogP contribution in [0.25, 0.3) is 0 Å². The van der Waals surface area contributed by atoms with E-state index in [0.29, 0.717) is 26.4 Å². The maximum Gasteiger partial charge on any atom is 0.182 e. The summed E-state index contributed by atoms with van der Waals surface area (Å²) in [6.07, 6.45) is 12.9. The van der Waals surface area contributed by atoms with Crippen molar-refractivity contribution in [1.29, 1.82) is 0 Å². The van der Waals surface area contributed by atoms with Gasteiger partial charge in [0, 0.05) is 13.0 Å². The van der Waals surface area contributed by atoms with E-state index in [-0.39, 0.29) is 13.4 Å². The van der Waals surface area contributed by atoms with Gasteiger partial charge in [-0.3, -0.25) is 0 Å². The Bertz CT molecular complexity index is 228.